The predicted octanol–water partition coefficient (Wildman–Crippen LogP) is 2.18. The van der Waals surface area contributed by atoms with E-state index in [1.54, 1.807) is 6.07 Å². The summed E-state index contributed by atoms with van der Waals surface area (Å²) in [5.74, 6) is 0. The first-order valence-corrected chi connectivity index (χ1v) is 7.64. The second-order valence-corrected chi connectivity index (χ2v) is 5.87. The van der Waals surface area contributed by atoms with Crippen LogP contribution in [-0.4, -0.2) is 49.3 Å². The minimum absolute atomic E-state index is 0.223. The monoisotopic (exact) mass is 332 g/mol. The van der Waals surface area contributed by atoms with Crippen LogP contribution in [0.15, 0.2) is 24.3 Å². The molecule has 1 N–H and O–H groups in total. The topological polar surface area (TPSA) is 47.9 Å². The van der Waals surface area contributed by atoms with Gasteiger partial charge in [0, 0.05) is 6.61 Å². The number of aryl methyl sites for hydroxylation is 1. The number of benzene rings is 1. The van der Waals surface area contributed by atoms with Crippen molar-refractivity contribution >= 4 is 0 Å². The van der Waals surface area contributed by atoms with E-state index in [1.165, 1.54) is 12.1 Å². The van der Waals surface area contributed by atoms with Crippen LogP contribution in [0.4, 0.5) is 13.2 Å². The van der Waals surface area contributed by atoms with E-state index in [0.717, 1.165) is 6.07 Å². The summed E-state index contributed by atoms with van der Waals surface area (Å²) in [5, 5.41) is 9.63. The van der Waals surface area contributed by atoms with Crippen molar-refractivity contribution in [2.45, 2.75) is 43.4 Å². The van der Waals surface area contributed by atoms with E-state index in [4.69, 9.17) is 14.2 Å². The molecule has 0 aromatic heterocycles. The Morgan fingerprint density at radius 2 is 1.96 bits per heavy atom. The Balaban J connectivity index is 1.44. The third-order valence-corrected chi connectivity index (χ3v) is 4.18. The zero-order chi connectivity index (χ0) is 16.4. The molecule has 0 spiro atoms. The first-order chi connectivity index (χ1) is 10.9. The van der Waals surface area contributed by atoms with Crippen molar-refractivity contribution in [3.63, 3.8) is 0 Å². The van der Waals surface area contributed by atoms with Crippen LogP contribution in [0.5, 0.6) is 0 Å². The maximum absolute atomic E-state index is 12.6. The molecule has 2 fully saturated rings. The molecule has 128 valence electrons. The summed E-state index contributed by atoms with van der Waals surface area (Å²) in [7, 11) is 0. The van der Waals surface area contributed by atoms with Gasteiger partial charge in [-0.2, -0.15) is 13.2 Å². The molecule has 3 rings (SSSR count). The minimum Gasteiger partial charge on any atom is -0.388 e. The number of aliphatic hydroxyl groups excluding tert-OH is 1. The van der Waals surface area contributed by atoms with Gasteiger partial charge < -0.3 is 19.3 Å². The highest BCUT2D eigenvalue weighted by Crippen LogP contribution is 2.30. The molecule has 0 bridgehead atoms. The van der Waals surface area contributed by atoms with Crippen LogP contribution in [0, 0.1) is 0 Å². The maximum Gasteiger partial charge on any atom is 0.416 e. The van der Waals surface area contributed by atoms with Crippen molar-refractivity contribution in [2.24, 2.45) is 0 Å². The summed E-state index contributed by atoms with van der Waals surface area (Å²) in [4.78, 5) is 0. The Bertz CT molecular complexity index is 534. The van der Waals surface area contributed by atoms with Crippen LogP contribution in [0.1, 0.15) is 17.5 Å². The molecule has 2 aliphatic heterocycles. The van der Waals surface area contributed by atoms with E-state index < -0.39 is 17.8 Å². The van der Waals surface area contributed by atoms with Crippen molar-refractivity contribution < 1.29 is 32.5 Å². The average molecular weight is 332 g/mol. The number of hydrogen-bond acceptors (Lipinski definition) is 4. The fourth-order valence-electron chi connectivity index (χ4n) is 3.00. The molecule has 0 aliphatic carbocycles. The number of alkyl halides is 3. The summed E-state index contributed by atoms with van der Waals surface area (Å²) in [6.45, 7) is 1.03. The van der Waals surface area contributed by atoms with Gasteiger partial charge in [0.1, 0.15) is 24.4 Å². The summed E-state index contributed by atoms with van der Waals surface area (Å²) in [6.07, 6.45) is -4.62. The molecule has 0 radical (unpaired) electrons. The molecule has 4 nitrogen and oxygen atoms in total. The van der Waals surface area contributed by atoms with E-state index in [9.17, 15) is 18.3 Å². The first kappa shape index (κ1) is 16.7. The molecule has 7 heteroatoms. The number of hydrogen-bond donors (Lipinski definition) is 1. The van der Waals surface area contributed by atoms with E-state index in [2.05, 4.69) is 0 Å². The van der Waals surface area contributed by atoms with Gasteiger partial charge in [0.25, 0.3) is 0 Å². The van der Waals surface area contributed by atoms with Crippen molar-refractivity contribution in [1.82, 2.24) is 0 Å². The van der Waals surface area contributed by atoms with Gasteiger partial charge in [0.05, 0.1) is 18.8 Å². The van der Waals surface area contributed by atoms with Gasteiger partial charge in [-0.1, -0.05) is 18.2 Å². The third-order valence-electron chi connectivity index (χ3n) is 4.18. The summed E-state index contributed by atoms with van der Waals surface area (Å²) in [6, 6.07) is 5.34. The summed E-state index contributed by atoms with van der Waals surface area (Å²) in [5.41, 5.74) is 0.00723. The van der Waals surface area contributed by atoms with E-state index in [0.29, 0.717) is 31.6 Å². The fraction of sp³-hybridized carbons (Fsp3) is 0.625. The van der Waals surface area contributed by atoms with Gasteiger partial charge in [0.2, 0.25) is 0 Å². The minimum atomic E-state index is -4.32. The van der Waals surface area contributed by atoms with Gasteiger partial charge in [-0.3, -0.25) is 0 Å². The van der Waals surface area contributed by atoms with Crippen LogP contribution >= 0.6 is 0 Å². The summed E-state index contributed by atoms with van der Waals surface area (Å²) >= 11 is 0. The Kier molecular flexibility index (Phi) is 4.91. The molecular weight excluding hydrogens is 313 g/mol. The number of ether oxygens (including phenoxy) is 3. The lowest BCUT2D eigenvalue weighted by atomic mass is 10.1. The fourth-order valence-corrected chi connectivity index (χ4v) is 3.00. The van der Waals surface area contributed by atoms with Gasteiger partial charge in [0.15, 0.2) is 0 Å². The average Bonchev–Trinajstić information content (AvgIpc) is 3.07. The van der Waals surface area contributed by atoms with Gasteiger partial charge in [-0.15, -0.1) is 0 Å². The summed E-state index contributed by atoms with van der Waals surface area (Å²) < 4.78 is 54.5. The zero-order valence-corrected chi connectivity index (χ0v) is 12.5. The molecular formula is C16H19F3O4. The number of rotatable bonds is 5. The van der Waals surface area contributed by atoms with Crippen molar-refractivity contribution in [3.8, 4) is 0 Å². The first-order valence-electron chi connectivity index (χ1n) is 7.64. The Morgan fingerprint density at radius 1 is 1.17 bits per heavy atom. The molecule has 0 unspecified atom stereocenters. The molecule has 0 amide bonds. The standard InChI is InChI=1S/C16H19F3O4/c17-16(18,19)11-5-1-3-10(7-11)4-2-6-21-13-9-23-14-12(20)8-22-15(13)14/h1,3,5,7,12-15,20H,2,4,6,8-9H2/t12-,13+,14-,15-/m1/s1. The molecule has 2 aliphatic rings. The number of halogens is 3. The lowest BCUT2D eigenvalue weighted by molar-refractivity contribution is -0.137. The van der Waals surface area contributed by atoms with Crippen LogP contribution in [0.2, 0.25) is 0 Å². The van der Waals surface area contributed by atoms with E-state index in [-0.39, 0.29) is 24.9 Å². The van der Waals surface area contributed by atoms with Crippen molar-refractivity contribution in [2.75, 3.05) is 19.8 Å². The normalized spacial score (nSPS) is 30.6. The smallest absolute Gasteiger partial charge is 0.388 e. The Morgan fingerprint density at radius 3 is 2.74 bits per heavy atom. The van der Waals surface area contributed by atoms with E-state index in [1.807, 2.05) is 0 Å². The molecule has 0 saturated carbocycles. The molecule has 4 atom stereocenters. The third kappa shape index (κ3) is 3.85. The highest BCUT2D eigenvalue weighted by atomic mass is 19.4. The Labute approximate surface area is 132 Å². The molecule has 2 heterocycles. The highest BCUT2D eigenvalue weighted by Gasteiger charge is 2.47. The van der Waals surface area contributed by atoms with Gasteiger partial charge in [-0.25, -0.2) is 0 Å². The molecule has 1 aromatic rings. The highest BCUT2D eigenvalue weighted by molar-refractivity contribution is 5.25. The lowest BCUT2D eigenvalue weighted by Gasteiger charge is -2.16. The van der Waals surface area contributed by atoms with E-state index >= 15 is 0 Å². The molecule has 23 heavy (non-hydrogen) atoms. The molecule has 2 saturated heterocycles. The van der Waals surface area contributed by atoms with Crippen LogP contribution in [0.25, 0.3) is 0 Å². The van der Waals surface area contributed by atoms with Gasteiger partial charge >= 0.3 is 6.18 Å². The van der Waals surface area contributed by atoms with Crippen LogP contribution < -0.4 is 0 Å². The maximum atomic E-state index is 12.6. The number of fused-ring (bicyclic) bond motifs is 1. The second kappa shape index (κ2) is 6.76. The second-order valence-electron chi connectivity index (χ2n) is 5.87. The SMILES string of the molecule is O[C@@H]1CO[C@H]2[C@@H]1OC[C@@H]2OCCCc1cccc(C(F)(F)F)c1. The van der Waals surface area contributed by atoms with Crippen molar-refractivity contribution in [3.05, 3.63) is 35.4 Å². The molecule has 1 aromatic carbocycles. The largest absolute Gasteiger partial charge is 0.416 e. The number of aliphatic hydroxyl groups is 1. The van der Waals surface area contributed by atoms with Crippen molar-refractivity contribution in [1.29, 1.82) is 0 Å². The quantitative estimate of drug-likeness (QED) is 0.840. The van der Waals surface area contributed by atoms with Crippen LogP contribution in [-0.2, 0) is 26.8 Å². The lowest BCUT2D eigenvalue weighted by Crippen LogP contribution is -2.33. The predicted molar refractivity (Wildman–Crippen MR) is 75.0 cm³/mol. The van der Waals surface area contributed by atoms with Crippen LogP contribution in [0.3, 0.4) is 0 Å². The van der Waals surface area contributed by atoms with Gasteiger partial charge in [-0.05, 0) is 24.5 Å². The zero-order valence-electron chi connectivity index (χ0n) is 12.5. The Hall–Kier alpha value is -1.15.